The van der Waals surface area contributed by atoms with Crippen LogP contribution in [0.2, 0.25) is 0 Å². The molecular formula is C12H19N3S. The number of anilines is 1. The van der Waals surface area contributed by atoms with E-state index in [1.54, 1.807) is 0 Å². The Hall–Kier alpha value is -0.740. The Balaban J connectivity index is 1.69. The second-order valence-electron chi connectivity index (χ2n) is 4.27. The minimum atomic E-state index is 0.598. The summed E-state index contributed by atoms with van der Waals surface area (Å²) in [6.45, 7) is 2.39. The topological polar surface area (TPSA) is 50.9 Å². The minimum absolute atomic E-state index is 0.598. The predicted molar refractivity (Wildman–Crippen MR) is 69.6 cm³/mol. The maximum atomic E-state index is 5.54. The molecule has 3 N–H and O–H groups in total. The summed E-state index contributed by atoms with van der Waals surface area (Å²) in [6, 6.07) is 3.91. The van der Waals surface area contributed by atoms with E-state index >= 15 is 0 Å². The van der Waals surface area contributed by atoms with Crippen molar-refractivity contribution in [2.45, 2.75) is 24.2 Å². The fourth-order valence-corrected chi connectivity index (χ4v) is 2.97. The Morgan fingerprint density at radius 3 is 3.12 bits per heavy atom. The molecule has 1 aliphatic heterocycles. The lowest BCUT2D eigenvalue weighted by Gasteiger charge is -2.22. The van der Waals surface area contributed by atoms with Crippen molar-refractivity contribution in [3.05, 3.63) is 18.3 Å². The van der Waals surface area contributed by atoms with Crippen molar-refractivity contribution < 1.29 is 0 Å². The van der Waals surface area contributed by atoms with Crippen LogP contribution >= 0.6 is 11.8 Å². The summed E-state index contributed by atoms with van der Waals surface area (Å²) in [4.78, 5) is 5.31. The third-order valence-electron chi connectivity index (χ3n) is 2.95. The number of rotatable bonds is 4. The summed E-state index contributed by atoms with van der Waals surface area (Å²) < 4.78 is 0. The zero-order valence-electron chi connectivity index (χ0n) is 9.48. The van der Waals surface area contributed by atoms with Crippen LogP contribution in [-0.4, -0.2) is 23.8 Å². The number of nitrogen functional groups attached to an aromatic ring is 1. The van der Waals surface area contributed by atoms with E-state index in [0.717, 1.165) is 5.92 Å². The van der Waals surface area contributed by atoms with Crippen molar-refractivity contribution >= 4 is 17.6 Å². The Kier molecular flexibility index (Phi) is 4.48. The molecule has 0 saturated carbocycles. The predicted octanol–water partition coefficient (Wildman–Crippen LogP) is 2.15. The quantitative estimate of drug-likeness (QED) is 0.788. The van der Waals surface area contributed by atoms with Crippen molar-refractivity contribution in [2.75, 3.05) is 24.6 Å². The Labute approximate surface area is 101 Å². The summed E-state index contributed by atoms with van der Waals surface area (Å²) in [5, 5.41) is 3.45. The lowest BCUT2D eigenvalue weighted by Crippen LogP contribution is -2.29. The van der Waals surface area contributed by atoms with Gasteiger partial charge in [-0.1, -0.05) is 0 Å². The van der Waals surface area contributed by atoms with Gasteiger partial charge in [0.2, 0.25) is 0 Å². The van der Waals surface area contributed by atoms with E-state index in [9.17, 15) is 0 Å². The van der Waals surface area contributed by atoms with Crippen LogP contribution in [0.15, 0.2) is 23.2 Å². The molecule has 88 valence electrons. The Morgan fingerprint density at radius 2 is 2.44 bits per heavy atom. The molecule has 1 aliphatic rings. The maximum Gasteiger partial charge on any atom is 0.123 e. The highest BCUT2D eigenvalue weighted by Gasteiger charge is 2.12. The van der Waals surface area contributed by atoms with Crippen LogP contribution in [0.1, 0.15) is 19.3 Å². The van der Waals surface area contributed by atoms with Crippen LogP contribution in [-0.2, 0) is 0 Å². The Bertz CT molecular complexity index is 307. The standard InChI is InChI=1S/C12H19N3S/c13-12-4-3-11(9-15-12)16-7-5-10-2-1-6-14-8-10/h3-4,9-10,14H,1-2,5-8H2,(H2,13,15). The van der Waals surface area contributed by atoms with Gasteiger partial charge < -0.3 is 11.1 Å². The van der Waals surface area contributed by atoms with Gasteiger partial charge in [0.25, 0.3) is 0 Å². The monoisotopic (exact) mass is 237 g/mol. The zero-order chi connectivity index (χ0) is 11.2. The van der Waals surface area contributed by atoms with Crippen LogP contribution < -0.4 is 11.1 Å². The maximum absolute atomic E-state index is 5.54. The first-order valence-electron chi connectivity index (χ1n) is 5.89. The lowest BCUT2D eigenvalue weighted by molar-refractivity contribution is 0.371. The highest BCUT2D eigenvalue weighted by molar-refractivity contribution is 7.99. The van der Waals surface area contributed by atoms with Gasteiger partial charge in [0.15, 0.2) is 0 Å². The van der Waals surface area contributed by atoms with Crippen molar-refractivity contribution in [2.24, 2.45) is 5.92 Å². The van der Waals surface area contributed by atoms with Gasteiger partial charge in [-0.25, -0.2) is 4.98 Å². The molecule has 0 aliphatic carbocycles. The number of hydrogen-bond donors (Lipinski definition) is 2. The molecule has 16 heavy (non-hydrogen) atoms. The van der Waals surface area contributed by atoms with Gasteiger partial charge in [0.1, 0.15) is 5.82 Å². The van der Waals surface area contributed by atoms with Crippen molar-refractivity contribution in [1.29, 1.82) is 0 Å². The third kappa shape index (κ3) is 3.68. The summed E-state index contributed by atoms with van der Waals surface area (Å²) in [6.07, 6.45) is 5.87. The number of nitrogens with one attached hydrogen (secondary N) is 1. The van der Waals surface area contributed by atoms with Gasteiger partial charge in [-0.3, -0.25) is 0 Å². The van der Waals surface area contributed by atoms with Crippen molar-refractivity contribution in [1.82, 2.24) is 10.3 Å². The summed E-state index contributed by atoms with van der Waals surface area (Å²) in [7, 11) is 0. The van der Waals surface area contributed by atoms with Crippen LogP contribution in [0.5, 0.6) is 0 Å². The van der Waals surface area contributed by atoms with E-state index in [1.165, 1.54) is 43.0 Å². The zero-order valence-corrected chi connectivity index (χ0v) is 10.3. The lowest BCUT2D eigenvalue weighted by atomic mass is 9.97. The second kappa shape index (κ2) is 6.11. The van der Waals surface area contributed by atoms with E-state index < -0.39 is 0 Å². The molecule has 0 aromatic carbocycles. The van der Waals surface area contributed by atoms with Crippen molar-refractivity contribution in [3.8, 4) is 0 Å². The molecule has 0 bridgehead atoms. The number of pyridine rings is 1. The van der Waals surface area contributed by atoms with Crippen LogP contribution in [0, 0.1) is 5.92 Å². The SMILES string of the molecule is Nc1ccc(SCCC2CCCNC2)cn1. The highest BCUT2D eigenvalue weighted by atomic mass is 32.2. The van der Waals surface area contributed by atoms with Crippen LogP contribution in [0.3, 0.4) is 0 Å². The normalized spacial score (nSPS) is 20.9. The van der Waals surface area contributed by atoms with Gasteiger partial charge in [-0.2, -0.15) is 0 Å². The summed E-state index contributed by atoms with van der Waals surface area (Å²) in [5.41, 5.74) is 5.54. The molecule has 4 heteroatoms. The average molecular weight is 237 g/mol. The first kappa shape index (κ1) is 11.7. The smallest absolute Gasteiger partial charge is 0.123 e. The van der Waals surface area contributed by atoms with E-state index in [2.05, 4.69) is 10.3 Å². The first-order valence-corrected chi connectivity index (χ1v) is 6.88. The Morgan fingerprint density at radius 1 is 1.50 bits per heavy atom. The molecule has 3 nitrogen and oxygen atoms in total. The van der Waals surface area contributed by atoms with Gasteiger partial charge in [-0.15, -0.1) is 11.8 Å². The van der Waals surface area contributed by atoms with E-state index in [1.807, 2.05) is 30.1 Å². The molecular weight excluding hydrogens is 218 g/mol. The second-order valence-corrected chi connectivity index (χ2v) is 5.44. The highest BCUT2D eigenvalue weighted by Crippen LogP contribution is 2.22. The summed E-state index contributed by atoms with van der Waals surface area (Å²) in [5.74, 6) is 2.64. The van der Waals surface area contributed by atoms with E-state index in [4.69, 9.17) is 5.73 Å². The molecule has 1 atom stereocenters. The first-order chi connectivity index (χ1) is 7.84. The molecule has 2 heterocycles. The van der Waals surface area contributed by atoms with Gasteiger partial charge in [0, 0.05) is 11.1 Å². The number of hydrogen-bond acceptors (Lipinski definition) is 4. The fourth-order valence-electron chi connectivity index (χ4n) is 1.99. The summed E-state index contributed by atoms with van der Waals surface area (Å²) >= 11 is 1.88. The number of aromatic nitrogens is 1. The molecule has 1 aromatic heterocycles. The number of nitrogens with zero attached hydrogens (tertiary/aromatic N) is 1. The van der Waals surface area contributed by atoms with Crippen LogP contribution in [0.4, 0.5) is 5.82 Å². The molecule has 1 saturated heterocycles. The number of nitrogens with two attached hydrogens (primary N) is 1. The van der Waals surface area contributed by atoms with Gasteiger partial charge >= 0.3 is 0 Å². The molecule has 0 radical (unpaired) electrons. The molecule has 1 fully saturated rings. The average Bonchev–Trinajstić information content (AvgIpc) is 2.33. The van der Waals surface area contributed by atoms with Gasteiger partial charge in [-0.05, 0) is 56.2 Å². The van der Waals surface area contributed by atoms with Gasteiger partial charge in [0.05, 0.1) is 0 Å². The number of piperidine rings is 1. The largest absolute Gasteiger partial charge is 0.384 e. The molecule has 0 amide bonds. The van der Waals surface area contributed by atoms with E-state index in [0.29, 0.717) is 5.82 Å². The molecule has 1 unspecified atom stereocenters. The van der Waals surface area contributed by atoms with E-state index in [-0.39, 0.29) is 0 Å². The van der Waals surface area contributed by atoms with Crippen molar-refractivity contribution in [3.63, 3.8) is 0 Å². The minimum Gasteiger partial charge on any atom is -0.384 e. The van der Waals surface area contributed by atoms with Crippen LogP contribution in [0.25, 0.3) is 0 Å². The molecule has 0 spiro atoms. The number of thioether (sulfide) groups is 1. The molecule has 2 rings (SSSR count). The fraction of sp³-hybridized carbons (Fsp3) is 0.583. The third-order valence-corrected chi connectivity index (χ3v) is 3.97. The molecule has 1 aromatic rings.